The summed E-state index contributed by atoms with van der Waals surface area (Å²) in [6.45, 7) is 1.75. The van der Waals surface area contributed by atoms with Gasteiger partial charge in [-0.3, -0.25) is 20.4 Å². The monoisotopic (exact) mass is 338 g/mol. The second-order valence-electron chi connectivity index (χ2n) is 4.80. The predicted molar refractivity (Wildman–Crippen MR) is 79.2 cm³/mol. The molecule has 2 N–H and O–H groups in total. The molecule has 2 amide bonds. The van der Waals surface area contributed by atoms with Gasteiger partial charge in [0.15, 0.2) is 0 Å². The molecule has 0 radical (unpaired) electrons. The van der Waals surface area contributed by atoms with E-state index in [9.17, 15) is 22.8 Å². The van der Waals surface area contributed by atoms with Crippen molar-refractivity contribution in [2.45, 2.75) is 13.3 Å². The zero-order valence-corrected chi connectivity index (χ0v) is 12.5. The first-order valence-corrected chi connectivity index (χ1v) is 6.78. The van der Waals surface area contributed by atoms with E-state index in [2.05, 4.69) is 15.6 Å². The number of amides is 2. The second-order valence-corrected chi connectivity index (χ2v) is 4.80. The van der Waals surface area contributed by atoms with Crippen molar-refractivity contribution in [3.05, 3.63) is 65.2 Å². The summed E-state index contributed by atoms with van der Waals surface area (Å²) in [4.78, 5) is 23.8. The molecule has 0 heterocycles. The van der Waals surface area contributed by atoms with Gasteiger partial charge in [0.1, 0.15) is 5.75 Å². The molecule has 2 rings (SSSR count). The van der Waals surface area contributed by atoms with Gasteiger partial charge in [-0.2, -0.15) is 0 Å². The largest absolute Gasteiger partial charge is 0.573 e. The number of hydrogen-bond acceptors (Lipinski definition) is 3. The Balaban J connectivity index is 1.95. The first-order chi connectivity index (χ1) is 11.3. The van der Waals surface area contributed by atoms with Crippen molar-refractivity contribution < 1.29 is 27.5 Å². The second kappa shape index (κ2) is 7.03. The maximum Gasteiger partial charge on any atom is 0.573 e. The Labute approximate surface area is 135 Å². The molecule has 0 aromatic heterocycles. The Kier molecular flexibility index (Phi) is 5.08. The lowest BCUT2D eigenvalue weighted by Crippen LogP contribution is -2.41. The number of hydrogen-bond donors (Lipinski definition) is 2. The Morgan fingerprint density at radius 1 is 0.917 bits per heavy atom. The lowest BCUT2D eigenvalue weighted by Gasteiger charge is -2.10. The highest BCUT2D eigenvalue weighted by Crippen LogP contribution is 2.22. The van der Waals surface area contributed by atoms with Crippen molar-refractivity contribution in [2.24, 2.45) is 0 Å². The highest BCUT2D eigenvalue weighted by atomic mass is 19.4. The minimum absolute atomic E-state index is 0.0645. The summed E-state index contributed by atoms with van der Waals surface area (Å²) < 4.78 is 39.9. The van der Waals surface area contributed by atoms with Gasteiger partial charge in [0.25, 0.3) is 11.8 Å². The van der Waals surface area contributed by atoms with E-state index in [4.69, 9.17) is 0 Å². The van der Waals surface area contributed by atoms with Crippen molar-refractivity contribution in [3.8, 4) is 5.75 Å². The summed E-state index contributed by atoms with van der Waals surface area (Å²) in [7, 11) is 0. The number of benzene rings is 2. The predicted octanol–water partition coefficient (Wildman–Crippen LogP) is 2.97. The molecule has 5 nitrogen and oxygen atoms in total. The molecule has 0 saturated carbocycles. The molecule has 0 aliphatic rings. The van der Waals surface area contributed by atoms with Gasteiger partial charge in [-0.25, -0.2) is 0 Å². The number of aryl methyl sites for hydroxylation is 1. The van der Waals surface area contributed by atoms with Crippen LogP contribution in [0, 0.1) is 6.92 Å². The van der Waals surface area contributed by atoms with E-state index in [0.717, 1.165) is 29.8 Å². The lowest BCUT2D eigenvalue weighted by molar-refractivity contribution is -0.274. The molecule has 0 atom stereocenters. The average molecular weight is 338 g/mol. The summed E-state index contributed by atoms with van der Waals surface area (Å²) in [6, 6.07) is 11.1. The molecule has 0 spiro atoms. The van der Waals surface area contributed by atoms with E-state index >= 15 is 0 Å². The third-order valence-corrected chi connectivity index (χ3v) is 3.03. The van der Waals surface area contributed by atoms with Crippen LogP contribution in [0.3, 0.4) is 0 Å². The fourth-order valence-corrected chi connectivity index (χ4v) is 1.89. The zero-order chi connectivity index (χ0) is 17.7. The van der Waals surface area contributed by atoms with Crippen LogP contribution >= 0.6 is 0 Å². The molecular formula is C16H13F3N2O3. The van der Waals surface area contributed by atoms with Crippen molar-refractivity contribution in [2.75, 3.05) is 0 Å². The lowest BCUT2D eigenvalue weighted by atomic mass is 10.1. The Morgan fingerprint density at radius 2 is 1.50 bits per heavy atom. The number of hydrazine groups is 1. The summed E-state index contributed by atoms with van der Waals surface area (Å²) in [6.07, 6.45) is -4.80. The van der Waals surface area contributed by atoms with Crippen LogP contribution in [-0.4, -0.2) is 18.2 Å². The molecule has 0 aliphatic carbocycles. The minimum atomic E-state index is -4.80. The van der Waals surface area contributed by atoms with E-state index in [1.807, 2.05) is 0 Å². The molecule has 2 aromatic rings. The van der Waals surface area contributed by atoms with Crippen LogP contribution in [-0.2, 0) is 0 Å². The van der Waals surface area contributed by atoms with Crippen LogP contribution < -0.4 is 15.6 Å². The van der Waals surface area contributed by atoms with Gasteiger partial charge in [0.2, 0.25) is 0 Å². The first-order valence-electron chi connectivity index (χ1n) is 6.78. The number of carbonyl (C=O) groups is 2. The molecule has 0 saturated heterocycles. The van der Waals surface area contributed by atoms with E-state index in [-0.39, 0.29) is 5.56 Å². The standard InChI is InChI=1S/C16H13F3N2O3/c1-10-4-2-3-5-13(10)15(23)21-20-14(22)11-6-8-12(9-7-11)24-16(17,18)19/h2-9H,1H3,(H,20,22)(H,21,23). The molecule has 2 aromatic carbocycles. The highest BCUT2D eigenvalue weighted by molar-refractivity contribution is 5.99. The maximum absolute atomic E-state index is 12.1. The number of nitrogens with one attached hydrogen (secondary N) is 2. The van der Waals surface area contributed by atoms with Gasteiger partial charge in [-0.1, -0.05) is 18.2 Å². The number of ether oxygens (including phenoxy) is 1. The van der Waals surface area contributed by atoms with Crippen LogP contribution in [0.5, 0.6) is 5.75 Å². The summed E-state index contributed by atoms with van der Waals surface area (Å²) in [5.41, 5.74) is 5.63. The molecular weight excluding hydrogens is 325 g/mol. The average Bonchev–Trinajstić information content (AvgIpc) is 2.52. The number of alkyl halides is 3. The van der Waals surface area contributed by atoms with Crippen molar-refractivity contribution >= 4 is 11.8 Å². The minimum Gasteiger partial charge on any atom is -0.406 e. The topological polar surface area (TPSA) is 67.4 Å². The molecule has 0 fully saturated rings. The van der Waals surface area contributed by atoms with Crippen LogP contribution in [0.25, 0.3) is 0 Å². The van der Waals surface area contributed by atoms with Gasteiger partial charge < -0.3 is 4.74 Å². The van der Waals surface area contributed by atoms with Gasteiger partial charge in [-0.05, 0) is 42.8 Å². The summed E-state index contributed by atoms with van der Waals surface area (Å²) >= 11 is 0. The van der Waals surface area contributed by atoms with Crippen LogP contribution in [0.15, 0.2) is 48.5 Å². The number of rotatable bonds is 3. The molecule has 0 bridgehead atoms. The SMILES string of the molecule is Cc1ccccc1C(=O)NNC(=O)c1ccc(OC(F)(F)F)cc1. The van der Waals surface area contributed by atoms with Gasteiger partial charge in [0, 0.05) is 11.1 Å². The molecule has 0 aliphatic heterocycles. The summed E-state index contributed by atoms with van der Waals surface area (Å²) in [5, 5.41) is 0. The maximum atomic E-state index is 12.1. The Morgan fingerprint density at radius 3 is 2.08 bits per heavy atom. The third-order valence-electron chi connectivity index (χ3n) is 3.03. The third kappa shape index (κ3) is 4.73. The van der Waals surface area contributed by atoms with E-state index < -0.39 is 23.9 Å². The van der Waals surface area contributed by atoms with Gasteiger partial charge in [-0.15, -0.1) is 13.2 Å². The quantitative estimate of drug-likeness (QED) is 0.846. The fourth-order valence-electron chi connectivity index (χ4n) is 1.89. The van der Waals surface area contributed by atoms with Crippen molar-refractivity contribution in [1.82, 2.24) is 10.9 Å². The molecule has 0 unspecified atom stereocenters. The van der Waals surface area contributed by atoms with Crippen molar-refractivity contribution in [1.29, 1.82) is 0 Å². The number of halogens is 3. The normalized spacial score (nSPS) is 10.8. The highest BCUT2D eigenvalue weighted by Gasteiger charge is 2.31. The first kappa shape index (κ1) is 17.3. The molecule has 8 heteroatoms. The number of carbonyl (C=O) groups excluding carboxylic acids is 2. The molecule has 126 valence electrons. The van der Waals surface area contributed by atoms with Crippen molar-refractivity contribution in [3.63, 3.8) is 0 Å². The van der Waals surface area contributed by atoms with E-state index in [0.29, 0.717) is 5.56 Å². The van der Waals surface area contributed by atoms with Gasteiger partial charge >= 0.3 is 6.36 Å². The zero-order valence-electron chi connectivity index (χ0n) is 12.5. The van der Waals surface area contributed by atoms with Crippen LogP contribution in [0.4, 0.5) is 13.2 Å². The van der Waals surface area contributed by atoms with Gasteiger partial charge in [0.05, 0.1) is 0 Å². The summed E-state index contributed by atoms with van der Waals surface area (Å²) in [5.74, 6) is -1.61. The Bertz CT molecular complexity index is 743. The Hall–Kier alpha value is -3.03. The smallest absolute Gasteiger partial charge is 0.406 e. The van der Waals surface area contributed by atoms with Crippen LogP contribution in [0.2, 0.25) is 0 Å². The van der Waals surface area contributed by atoms with Crippen LogP contribution in [0.1, 0.15) is 26.3 Å². The van der Waals surface area contributed by atoms with E-state index in [1.165, 1.54) is 0 Å². The fraction of sp³-hybridized carbons (Fsp3) is 0.125. The molecule has 24 heavy (non-hydrogen) atoms. The van der Waals surface area contributed by atoms with E-state index in [1.54, 1.807) is 31.2 Å².